The van der Waals surface area contributed by atoms with Crippen molar-refractivity contribution in [3.63, 3.8) is 0 Å². The van der Waals surface area contributed by atoms with Crippen LogP contribution in [0.2, 0.25) is 0 Å². The molecular formula is C7H6N2O2. The Bertz CT molecular complexity index is 289. The van der Waals surface area contributed by atoms with Crippen LogP contribution < -0.4 is 5.43 Å². The van der Waals surface area contributed by atoms with E-state index < -0.39 is 0 Å². The summed E-state index contributed by atoms with van der Waals surface area (Å²) in [6, 6.07) is 0. The largest absolute Gasteiger partial charge is 0.424 e. The van der Waals surface area contributed by atoms with Crippen molar-refractivity contribution in [2.75, 3.05) is 0 Å². The number of carbonyl (C=O) groups excluding carboxylic acids is 1. The first kappa shape index (κ1) is 6.15. The first-order valence-electron chi connectivity index (χ1n) is 3.25. The molecule has 0 saturated carbocycles. The van der Waals surface area contributed by atoms with E-state index >= 15 is 0 Å². The highest BCUT2D eigenvalue weighted by Crippen LogP contribution is 2.24. The van der Waals surface area contributed by atoms with Crippen molar-refractivity contribution >= 4 is 12.2 Å². The summed E-state index contributed by atoms with van der Waals surface area (Å²) in [4.78, 5) is 10.7. The van der Waals surface area contributed by atoms with Crippen LogP contribution in [0.5, 0.6) is 0 Å². The molecular weight excluding hydrogens is 144 g/mol. The van der Waals surface area contributed by atoms with Crippen molar-refractivity contribution in [1.29, 1.82) is 0 Å². The Morgan fingerprint density at radius 2 is 2.55 bits per heavy atom. The Morgan fingerprint density at radius 1 is 1.64 bits per heavy atom. The van der Waals surface area contributed by atoms with Crippen molar-refractivity contribution < 1.29 is 9.53 Å². The van der Waals surface area contributed by atoms with E-state index in [1.165, 1.54) is 0 Å². The van der Waals surface area contributed by atoms with E-state index in [9.17, 15) is 4.79 Å². The van der Waals surface area contributed by atoms with E-state index in [2.05, 4.69) is 10.5 Å². The summed E-state index contributed by atoms with van der Waals surface area (Å²) in [6.45, 7) is 0. The molecule has 0 atom stereocenters. The zero-order valence-corrected chi connectivity index (χ0v) is 5.70. The van der Waals surface area contributed by atoms with Crippen LogP contribution in [0.15, 0.2) is 28.7 Å². The van der Waals surface area contributed by atoms with Gasteiger partial charge in [-0.1, -0.05) is 0 Å². The van der Waals surface area contributed by atoms with Gasteiger partial charge in [0.15, 0.2) is 5.76 Å². The molecule has 56 valence electrons. The highest BCUT2D eigenvalue weighted by molar-refractivity contribution is 5.84. The van der Waals surface area contributed by atoms with Crippen LogP contribution in [0.3, 0.4) is 0 Å². The van der Waals surface area contributed by atoms with Gasteiger partial charge >= 0.3 is 5.97 Å². The molecule has 1 saturated heterocycles. The molecule has 2 aliphatic heterocycles. The molecule has 1 fully saturated rings. The lowest BCUT2D eigenvalue weighted by molar-refractivity contribution is -0.135. The van der Waals surface area contributed by atoms with Crippen LogP contribution in [0, 0.1) is 0 Å². The second-order valence-corrected chi connectivity index (χ2v) is 2.26. The molecule has 0 unspecified atom stereocenters. The van der Waals surface area contributed by atoms with Crippen molar-refractivity contribution in [3.8, 4) is 0 Å². The monoisotopic (exact) mass is 150 g/mol. The Hall–Kier alpha value is -1.58. The molecule has 0 bridgehead atoms. The van der Waals surface area contributed by atoms with Gasteiger partial charge in [0.2, 0.25) is 0 Å². The summed E-state index contributed by atoms with van der Waals surface area (Å²) in [7, 11) is 0. The van der Waals surface area contributed by atoms with Gasteiger partial charge in [0, 0.05) is 11.8 Å². The predicted molar refractivity (Wildman–Crippen MR) is 38.5 cm³/mol. The summed E-state index contributed by atoms with van der Waals surface area (Å²) >= 11 is 0. The Morgan fingerprint density at radius 3 is 3.45 bits per heavy atom. The minimum absolute atomic E-state index is 0.209. The van der Waals surface area contributed by atoms with Crippen molar-refractivity contribution in [3.05, 3.63) is 23.6 Å². The molecule has 0 radical (unpaired) electrons. The number of carbonyl (C=O) groups is 1. The second-order valence-electron chi connectivity index (χ2n) is 2.26. The maximum atomic E-state index is 10.7. The van der Waals surface area contributed by atoms with Crippen LogP contribution in [-0.4, -0.2) is 12.2 Å². The summed E-state index contributed by atoms with van der Waals surface area (Å²) < 4.78 is 4.86. The van der Waals surface area contributed by atoms with Gasteiger partial charge in [-0.3, -0.25) is 10.2 Å². The quantitative estimate of drug-likeness (QED) is 0.505. The molecule has 4 nitrogen and oxygen atoms in total. The van der Waals surface area contributed by atoms with Gasteiger partial charge in [0.1, 0.15) is 0 Å². The minimum atomic E-state index is -0.209. The lowest BCUT2D eigenvalue weighted by atomic mass is 10.2. The number of rotatable bonds is 0. The molecule has 2 aliphatic rings. The number of esters is 1. The maximum absolute atomic E-state index is 10.7. The zero-order chi connectivity index (χ0) is 7.68. The fourth-order valence-corrected chi connectivity index (χ4v) is 0.996. The molecule has 0 aromatic heterocycles. The number of allylic oxidation sites excluding steroid dienone is 2. The van der Waals surface area contributed by atoms with E-state index in [-0.39, 0.29) is 5.97 Å². The van der Waals surface area contributed by atoms with Gasteiger partial charge < -0.3 is 4.74 Å². The first-order chi connectivity index (χ1) is 5.36. The van der Waals surface area contributed by atoms with Crippen LogP contribution in [0.4, 0.5) is 0 Å². The molecule has 0 spiro atoms. The predicted octanol–water partition coefficient (Wildman–Crippen LogP) is 0.290. The average Bonchev–Trinajstić information content (AvgIpc) is 2.17. The third-order valence-corrected chi connectivity index (χ3v) is 1.50. The van der Waals surface area contributed by atoms with Gasteiger partial charge in [-0.15, -0.1) is 0 Å². The highest BCUT2D eigenvalue weighted by atomic mass is 16.5. The SMILES string of the molecule is O=C1CC2=CC=NNC=C2O1. The van der Waals surface area contributed by atoms with Gasteiger partial charge in [0.25, 0.3) is 0 Å². The number of hydrogen-bond donors (Lipinski definition) is 1. The third kappa shape index (κ3) is 1.02. The van der Waals surface area contributed by atoms with Gasteiger partial charge in [-0.05, 0) is 6.08 Å². The highest BCUT2D eigenvalue weighted by Gasteiger charge is 2.23. The molecule has 1 N–H and O–H groups in total. The van der Waals surface area contributed by atoms with E-state index in [4.69, 9.17) is 4.74 Å². The molecule has 11 heavy (non-hydrogen) atoms. The van der Waals surface area contributed by atoms with Crippen LogP contribution in [0.1, 0.15) is 6.42 Å². The topological polar surface area (TPSA) is 50.7 Å². The lowest BCUT2D eigenvalue weighted by Gasteiger charge is -1.93. The smallest absolute Gasteiger partial charge is 0.315 e. The number of nitrogens with zero attached hydrogens (tertiary/aromatic N) is 1. The summed E-state index contributed by atoms with van der Waals surface area (Å²) in [5.41, 5.74) is 3.50. The van der Waals surface area contributed by atoms with Gasteiger partial charge in [-0.25, -0.2) is 0 Å². The molecule has 2 rings (SSSR count). The van der Waals surface area contributed by atoms with E-state index in [1.807, 2.05) is 0 Å². The molecule has 4 heteroatoms. The lowest BCUT2D eigenvalue weighted by Crippen LogP contribution is -1.95. The molecule has 0 aliphatic carbocycles. The number of nitrogens with one attached hydrogen (secondary N) is 1. The minimum Gasteiger partial charge on any atom is -0.424 e. The number of hydrazone groups is 1. The summed E-state index contributed by atoms with van der Waals surface area (Å²) in [6.07, 6.45) is 5.28. The first-order valence-corrected chi connectivity index (χ1v) is 3.25. The Balaban J connectivity index is 2.37. The zero-order valence-electron chi connectivity index (χ0n) is 5.70. The Kier molecular flexibility index (Phi) is 1.25. The standard InChI is InChI=1S/C7H6N2O2/c10-7-3-5-1-2-8-9-4-6(5)11-7/h1-2,4,9H,3H2. The van der Waals surface area contributed by atoms with Crippen molar-refractivity contribution in [1.82, 2.24) is 5.43 Å². The van der Waals surface area contributed by atoms with Crippen LogP contribution in [-0.2, 0) is 9.53 Å². The summed E-state index contributed by atoms with van der Waals surface area (Å²) in [5, 5.41) is 3.76. The molecule has 2 heterocycles. The second kappa shape index (κ2) is 2.23. The third-order valence-electron chi connectivity index (χ3n) is 1.50. The number of fused-ring (bicyclic) bond motifs is 1. The van der Waals surface area contributed by atoms with Crippen LogP contribution in [0.25, 0.3) is 0 Å². The summed E-state index contributed by atoms with van der Waals surface area (Å²) in [5.74, 6) is 0.368. The molecule has 0 aromatic rings. The number of hydrogen-bond acceptors (Lipinski definition) is 4. The Labute approximate surface area is 63.2 Å². The van der Waals surface area contributed by atoms with Crippen molar-refractivity contribution in [2.24, 2.45) is 5.10 Å². The fourth-order valence-electron chi connectivity index (χ4n) is 0.996. The van der Waals surface area contributed by atoms with Gasteiger partial charge in [-0.2, -0.15) is 5.10 Å². The molecule has 0 amide bonds. The van der Waals surface area contributed by atoms with E-state index in [1.54, 1.807) is 18.5 Å². The van der Waals surface area contributed by atoms with E-state index in [0.717, 1.165) is 5.57 Å². The van der Waals surface area contributed by atoms with Crippen LogP contribution >= 0.6 is 0 Å². The van der Waals surface area contributed by atoms with Gasteiger partial charge in [0.05, 0.1) is 12.6 Å². The maximum Gasteiger partial charge on any atom is 0.315 e. The number of ether oxygens (including phenoxy) is 1. The molecule has 0 aromatic carbocycles. The van der Waals surface area contributed by atoms with E-state index in [0.29, 0.717) is 12.2 Å². The fraction of sp³-hybridized carbons (Fsp3) is 0.143. The average molecular weight is 150 g/mol. The normalized spacial score (nSPS) is 20.9. The van der Waals surface area contributed by atoms with Crippen molar-refractivity contribution in [2.45, 2.75) is 6.42 Å².